The first-order valence-electron chi connectivity index (χ1n) is 4.04. The van der Waals surface area contributed by atoms with Gasteiger partial charge in [0.05, 0.1) is 0 Å². The monoisotopic (exact) mass is 286 g/mol. The van der Waals surface area contributed by atoms with Crippen molar-refractivity contribution in [2.45, 2.75) is 4.90 Å². The Morgan fingerprint density at radius 3 is 2.06 bits per heavy atom. The minimum atomic E-state index is -4.13. The minimum absolute atomic E-state index is 0. The Labute approximate surface area is 180 Å². The van der Waals surface area contributed by atoms with Crippen molar-refractivity contribution in [2.24, 2.45) is 0 Å². The van der Waals surface area contributed by atoms with Crippen LogP contribution in [0.25, 0.3) is 10.8 Å². The summed E-state index contributed by atoms with van der Waals surface area (Å²) in [5.41, 5.74) is 0. The molecule has 2 aromatic carbocycles. The molecule has 1 N–H and O–H groups in total. The van der Waals surface area contributed by atoms with E-state index in [9.17, 15) is 8.42 Å². The average Bonchev–Trinajstić information content (AvgIpc) is 2.15. The summed E-state index contributed by atoms with van der Waals surface area (Å²) in [5.74, 6) is 0. The maximum atomic E-state index is 11.0. The largest absolute Gasteiger partial charge is 0.295 e. The molecule has 16 heavy (non-hydrogen) atoms. The molecule has 0 saturated carbocycles. The van der Waals surface area contributed by atoms with E-state index in [1.807, 2.05) is 6.07 Å². The quantitative estimate of drug-likeness (QED) is 0.635. The van der Waals surface area contributed by atoms with Gasteiger partial charge in [0.2, 0.25) is 0 Å². The predicted octanol–water partition coefficient (Wildman–Crippen LogP) is 1.32. The Bertz CT molecular complexity index is 576. The molecule has 0 aliphatic carbocycles. The summed E-state index contributed by atoms with van der Waals surface area (Å²) in [4.78, 5) is -0.0457. The van der Waals surface area contributed by atoms with E-state index in [2.05, 4.69) is 0 Å². The number of benzene rings is 2. The molecule has 2 aromatic rings. The minimum Gasteiger partial charge on any atom is -0.282 e. The van der Waals surface area contributed by atoms with Gasteiger partial charge in [-0.25, -0.2) is 0 Å². The van der Waals surface area contributed by atoms with Crippen LogP contribution in [0.5, 0.6) is 0 Å². The smallest absolute Gasteiger partial charge is 0.282 e. The van der Waals surface area contributed by atoms with Gasteiger partial charge >= 0.3 is 0 Å². The van der Waals surface area contributed by atoms with Gasteiger partial charge in [0.15, 0.2) is 0 Å². The summed E-state index contributed by atoms with van der Waals surface area (Å²) >= 11 is 0. The molecule has 0 aliphatic rings. The summed E-state index contributed by atoms with van der Waals surface area (Å²) in [7, 11) is -4.13. The molecule has 0 bridgehead atoms. The molecular formula is C10H8K2O3S. The Morgan fingerprint density at radius 1 is 0.875 bits per heavy atom. The second kappa shape index (κ2) is 7.47. The van der Waals surface area contributed by atoms with Crippen molar-refractivity contribution in [2.75, 3.05) is 0 Å². The summed E-state index contributed by atoms with van der Waals surface area (Å²) in [6.07, 6.45) is 0. The first-order chi connectivity index (χ1) is 6.59. The van der Waals surface area contributed by atoms with E-state index in [4.69, 9.17) is 4.55 Å². The van der Waals surface area contributed by atoms with Gasteiger partial charge in [-0.1, -0.05) is 36.4 Å². The van der Waals surface area contributed by atoms with Crippen molar-refractivity contribution in [3.05, 3.63) is 42.5 Å². The van der Waals surface area contributed by atoms with E-state index in [1.54, 1.807) is 30.3 Å². The van der Waals surface area contributed by atoms with Crippen LogP contribution >= 0.6 is 0 Å². The zero-order valence-corrected chi connectivity index (χ0v) is 16.3. The average molecular weight is 286 g/mol. The summed E-state index contributed by atoms with van der Waals surface area (Å²) < 4.78 is 31.0. The third kappa shape index (κ3) is 4.22. The van der Waals surface area contributed by atoms with Crippen LogP contribution in [-0.4, -0.2) is 116 Å². The SMILES string of the molecule is O=S(=O)(O)c1cccc2ccccc12.[K].[K]. The Balaban J connectivity index is 0.00000112. The van der Waals surface area contributed by atoms with Crippen LogP contribution < -0.4 is 0 Å². The molecule has 0 aliphatic heterocycles. The summed E-state index contributed by atoms with van der Waals surface area (Å²) in [6.45, 7) is 0. The number of fused-ring (bicyclic) bond motifs is 1. The second-order valence-electron chi connectivity index (χ2n) is 2.95. The maximum Gasteiger partial charge on any atom is 0.295 e. The number of hydrogen-bond donors (Lipinski definition) is 1. The second-order valence-corrected chi connectivity index (χ2v) is 4.34. The van der Waals surface area contributed by atoms with Gasteiger partial charge in [0, 0.05) is 108 Å². The molecule has 74 valence electrons. The molecule has 0 aromatic heterocycles. The topological polar surface area (TPSA) is 54.4 Å². The van der Waals surface area contributed by atoms with E-state index >= 15 is 0 Å². The third-order valence-corrected chi connectivity index (χ3v) is 2.94. The molecule has 0 unspecified atom stereocenters. The van der Waals surface area contributed by atoms with Crippen LogP contribution in [0.1, 0.15) is 0 Å². The molecule has 0 spiro atoms. The van der Waals surface area contributed by atoms with Crippen LogP contribution in [0.15, 0.2) is 47.4 Å². The standard InChI is InChI=1S/C10H8O3S.2K/c11-14(12,13)10-7-3-5-8-4-1-2-6-9(8)10;;/h1-7H,(H,11,12,13);;. The van der Waals surface area contributed by atoms with Gasteiger partial charge in [-0.2, -0.15) is 8.42 Å². The van der Waals surface area contributed by atoms with Crippen molar-refractivity contribution >= 4 is 124 Å². The molecule has 2 radical (unpaired) electrons. The van der Waals surface area contributed by atoms with Crippen molar-refractivity contribution in [3.63, 3.8) is 0 Å². The summed E-state index contributed by atoms with van der Waals surface area (Å²) in [5, 5.41) is 1.33. The fourth-order valence-corrected chi connectivity index (χ4v) is 2.13. The van der Waals surface area contributed by atoms with E-state index < -0.39 is 10.1 Å². The normalized spacial score (nSPS) is 10.3. The van der Waals surface area contributed by atoms with E-state index in [-0.39, 0.29) is 108 Å². The molecule has 2 rings (SSSR count). The Morgan fingerprint density at radius 2 is 1.44 bits per heavy atom. The fraction of sp³-hybridized carbons (Fsp3) is 0. The molecular weight excluding hydrogens is 278 g/mol. The first kappa shape index (κ1) is 17.9. The molecule has 0 fully saturated rings. The van der Waals surface area contributed by atoms with Crippen LogP contribution in [0.3, 0.4) is 0 Å². The van der Waals surface area contributed by atoms with Crippen LogP contribution in [0, 0.1) is 0 Å². The molecule has 0 heterocycles. The van der Waals surface area contributed by atoms with Crippen LogP contribution in [0.4, 0.5) is 0 Å². The van der Waals surface area contributed by atoms with E-state index in [0.29, 0.717) is 5.39 Å². The molecule has 0 atom stereocenters. The first-order valence-corrected chi connectivity index (χ1v) is 5.48. The molecule has 3 nitrogen and oxygen atoms in total. The van der Waals surface area contributed by atoms with Gasteiger partial charge < -0.3 is 0 Å². The van der Waals surface area contributed by atoms with Gasteiger partial charge in [-0.15, -0.1) is 0 Å². The molecule has 0 amide bonds. The molecule has 0 saturated heterocycles. The number of hydrogen-bond acceptors (Lipinski definition) is 2. The van der Waals surface area contributed by atoms with Crippen LogP contribution in [0.2, 0.25) is 0 Å². The van der Waals surface area contributed by atoms with E-state index in [0.717, 1.165) is 5.39 Å². The maximum absolute atomic E-state index is 11.0. The Kier molecular flexibility index (Phi) is 8.35. The third-order valence-electron chi connectivity index (χ3n) is 2.03. The zero-order valence-electron chi connectivity index (χ0n) is 9.21. The van der Waals surface area contributed by atoms with Crippen molar-refractivity contribution < 1.29 is 13.0 Å². The van der Waals surface area contributed by atoms with Crippen molar-refractivity contribution in [3.8, 4) is 0 Å². The fourth-order valence-electron chi connectivity index (χ4n) is 1.42. The zero-order chi connectivity index (χ0) is 10.2. The van der Waals surface area contributed by atoms with Crippen molar-refractivity contribution in [1.29, 1.82) is 0 Å². The summed E-state index contributed by atoms with van der Waals surface area (Å²) in [6, 6.07) is 11.8. The van der Waals surface area contributed by atoms with Gasteiger partial charge in [0.1, 0.15) is 4.90 Å². The van der Waals surface area contributed by atoms with Crippen molar-refractivity contribution in [1.82, 2.24) is 0 Å². The van der Waals surface area contributed by atoms with Gasteiger partial charge in [-0.05, 0) is 11.5 Å². The number of rotatable bonds is 1. The Hall–Kier alpha value is 1.88. The molecule has 6 heteroatoms. The van der Waals surface area contributed by atoms with Crippen LogP contribution in [-0.2, 0) is 10.1 Å². The van der Waals surface area contributed by atoms with Gasteiger partial charge in [0.25, 0.3) is 10.1 Å². The predicted molar refractivity (Wildman–Crippen MR) is 65.3 cm³/mol. The van der Waals surface area contributed by atoms with E-state index in [1.165, 1.54) is 6.07 Å². The van der Waals surface area contributed by atoms with Gasteiger partial charge in [-0.3, -0.25) is 4.55 Å².